The van der Waals surface area contributed by atoms with E-state index >= 15 is 4.39 Å². The number of hydrogen-bond donors (Lipinski definition) is 1. The summed E-state index contributed by atoms with van der Waals surface area (Å²) in [5.41, 5.74) is 4.38. The Morgan fingerprint density at radius 1 is 1.14 bits per heavy atom. The van der Waals surface area contributed by atoms with Crippen LogP contribution in [-0.2, 0) is 19.4 Å². The maximum Gasteiger partial charge on any atom is 0.270 e. The normalized spacial score (nSPS) is 16.8. The first kappa shape index (κ1) is 30.7. The molecule has 7 nitrogen and oxygen atoms in total. The number of halogens is 2. The molecule has 1 N–H and O–H groups in total. The number of pyridine rings is 1. The zero-order valence-corrected chi connectivity index (χ0v) is 26.1. The quantitative estimate of drug-likeness (QED) is 0.195. The molecule has 3 heterocycles. The average Bonchev–Trinajstić information content (AvgIpc) is 3.37. The number of piperidine rings is 1. The van der Waals surface area contributed by atoms with Gasteiger partial charge in [-0.15, -0.1) is 0 Å². The Kier molecular flexibility index (Phi) is 9.76. The Labute approximate surface area is 258 Å². The van der Waals surface area contributed by atoms with Gasteiger partial charge in [-0.05, 0) is 93.3 Å². The van der Waals surface area contributed by atoms with E-state index in [-0.39, 0.29) is 18.3 Å². The molecule has 228 valence electrons. The molecule has 0 radical (unpaired) electrons. The Morgan fingerprint density at radius 3 is 2.70 bits per heavy atom. The molecular weight excluding hydrogens is 567 g/mol. The average molecular weight is 607 g/mol. The molecular formula is C34H40ClFN4O3. The number of benzene rings is 2. The lowest BCUT2D eigenvalue weighted by Crippen LogP contribution is -2.41. The summed E-state index contributed by atoms with van der Waals surface area (Å²) >= 11 is 6.16. The minimum absolute atomic E-state index is 0.222. The molecule has 0 bridgehead atoms. The molecule has 1 aliphatic heterocycles. The van der Waals surface area contributed by atoms with Crippen molar-refractivity contribution in [3.8, 4) is 11.5 Å². The van der Waals surface area contributed by atoms with Crippen molar-refractivity contribution in [3.63, 3.8) is 0 Å². The van der Waals surface area contributed by atoms with Gasteiger partial charge < -0.3 is 19.7 Å². The van der Waals surface area contributed by atoms with E-state index in [9.17, 15) is 4.79 Å². The van der Waals surface area contributed by atoms with Crippen LogP contribution in [-0.4, -0.2) is 41.6 Å². The van der Waals surface area contributed by atoms with Gasteiger partial charge in [-0.3, -0.25) is 9.20 Å². The van der Waals surface area contributed by atoms with Crippen LogP contribution in [0, 0.1) is 11.7 Å². The van der Waals surface area contributed by atoms with Crippen LogP contribution in [0.1, 0.15) is 67.3 Å². The number of methoxy groups -OCH3 is 1. The van der Waals surface area contributed by atoms with Crippen molar-refractivity contribution in [2.24, 2.45) is 5.92 Å². The van der Waals surface area contributed by atoms with Gasteiger partial charge in [-0.25, -0.2) is 9.37 Å². The molecule has 5 rings (SSSR count). The van der Waals surface area contributed by atoms with Crippen LogP contribution in [0.2, 0.25) is 5.02 Å². The SMILES string of the molecule is CCOc1ccc(N2CCC(CCc3ccc(CNC(=O)c4c(CC)nc5ccc(Cl)cn45)cc3F)C[C@@H]2C)cc1OC. The number of ether oxygens (including phenoxy) is 2. The molecule has 43 heavy (non-hydrogen) atoms. The number of carbonyl (C=O) groups excluding carboxylic acids is 1. The standard InChI is InChI=1S/C34H40ClFN4O3/c1-5-29-33(40-21-26(35)11-14-32(40)38-29)34(41)37-20-24-8-10-25(28(36)18-24)9-7-23-15-16-39(22(3)17-23)27-12-13-30(43-6-2)31(19-27)42-4/h8,10-14,18-19,21-23H,5-7,9,15-17,20H2,1-4H3,(H,37,41)/t22-,23?/m0/s1. The van der Waals surface area contributed by atoms with E-state index in [1.807, 2.05) is 32.0 Å². The molecule has 0 spiro atoms. The first-order valence-electron chi connectivity index (χ1n) is 15.1. The van der Waals surface area contributed by atoms with Gasteiger partial charge in [0, 0.05) is 37.1 Å². The summed E-state index contributed by atoms with van der Waals surface area (Å²) in [6, 6.07) is 15.3. The van der Waals surface area contributed by atoms with E-state index in [4.69, 9.17) is 21.1 Å². The lowest BCUT2D eigenvalue weighted by Gasteiger charge is -2.39. The number of carbonyl (C=O) groups is 1. The van der Waals surface area contributed by atoms with Gasteiger partial charge in [-0.1, -0.05) is 30.7 Å². The molecule has 4 aromatic rings. The summed E-state index contributed by atoms with van der Waals surface area (Å²) in [5.74, 6) is 1.54. The fraction of sp³-hybridized carbons (Fsp3) is 0.412. The van der Waals surface area contributed by atoms with Gasteiger partial charge in [0.05, 0.1) is 24.4 Å². The molecule has 0 saturated carbocycles. The van der Waals surface area contributed by atoms with Crippen molar-refractivity contribution < 1.29 is 18.7 Å². The number of aryl methyl sites for hydroxylation is 2. The van der Waals surface area contributed by atoms with Crippen molar-refractivity contribution in [2.45, 2.75) is 65.5 Å². The maximum absolute atomic E-state index is 15.1. The summed E-state index contributed by atoms with van der Waals surface area (Å²) in [5, 5.41) is 3.45. The molecule has 1 fully saturated rings. The van der Waals surface area contributed by atoms with E-state index in [1.54, 1.807) is 29.8 Å². The van der Waals surface area contributed by atoms with Crippen LogP contribution in [0.15, 0.2) is 54.7 Å². The highest BCUT2D eigenvalue weighted by Crippen LogP contribution is 2.36. The Hall–Kier alpha value is -3.78. The molecule has 0 aliphatic carbocycles. The third kappa shape index (κ3) is 6.90. The summed E-state index contributed by atoms with van der Waals surface area (Å²) in [6.45, 7) is 7.94. The fourth-order valence-electron chi connectivity index (χ4n) is 6.11. The largest absolute Gasteiger partial charge is 0.493 e. The van der Waals surface area contributed by atoms with Gasteiger partial charge in [0.1, 0.15) is 17.2 Å². The number of rotatable bonds is 11. The third-order valence-electron chi connectivity index (χ3n) is 8.36. The van der Waals surface area contributed by atoms with Crippen LogP contribution in [0.3, 0.4) is 0 Å². The number of aromatic nitrogens is 2. The molecule has 2 aromatic carbocycles. The van der Waals surface area contributed by atoms with Crippen LogP contribution < -0.4 is 19.7 Å². The number of amides is 1. The van der Waals surface area contributed by atoms with Crippen LogP contribution in [0.4, 0.5) is 10.1 Å². The number of nitrogens with zero attached hydrogens (tertiary/aromatic N) is 3. The molecule has 2 atom stereocenters. The number of fused-ring (bicyclic) bond motifs is 1. The lowest BCUT2D eigenvalue weighted by molar-refractivity contribution is 0.0944. The van der Waals surface area contributed by atoms with E-state index in [1.165, 1.54) is 6.07 Å². The molecule has 1 aliphatic rings. The minimum atomic E-state index is -0.264. The number of anilines is 1. The fourth-order valence-corrected chi connectivity index (χ4v) is 6.27. The minimum Gasteiger partial charge on any atom is -0.493 e. The highest BCUT2D eigenvalue weighted by molar-refractivity contribution is 6.30. The summed E-state index contributed by atoms with van der Waals surface area (Å²) < 4.78 is 28.0. The van der Waals surface area contributed by atoms with Crippen LogP contribution in [0.5, 0.6) is 11.5 Å². The van der Waals surface area contributed by atoms with E-state index < -0.39 is 0 Å². The zero-order chi connectivity index (χ0) is 30.5. The molecule has 9 heteroatoms. The van der Waals surface area contributed by atoms with Crippen LogP contribution >= 0.6 is 11.6 Å². The van der Waals surface area contributed by atoms with Crippen molar-refractivity contribution in [3.05, 3.63) is 88.1 Å². The Morgan fingerprint density at radius 2 is 1.98 bits per heavy atom. The molecule has 1 amide bonds. The van der Waals surface area contributed by atoms with E-state index in [0.717, 1.165) is 43.0 Å². The smallest absolute Gasteiger partial charge is 0.270 e. The second-order valence-corrected chi connectivity index (χ2v) is 11.6. The van der Waals surface area contributed by atoms with Crippen molar-refractivity contribution in [2.75, 3.05) is 25.2 Å². The van der Waals surface area contributed by atoms with Gasteiger partial charge >= 0.3 is 0 Å². The summed E-state index contributed by atoms with van der Waals surface area (Å²) in [4.78, 5) is 20.1. The highest BCUT2D eigenvalue weighted by atomic mass is 35.5. The Balaban J connectivity index is 1.15. The molecule has 2 aromatic heterocycles. The monoisotopic (exact) mass is 606 g/mol. The van der Waals surface area contributed by atoms with E-state index in [0.29, 0.717) is 64.6 Å². The highest BCUT2D eigenvalue weighted by Gasteiger charge is 2.26. The predicted octanol–water partition coefficient (Wildman–Crippen LogP) is 7.26. The van der Waals surface area contributed by atoms with Gasteiger partial charge in [0.25, 0.3) is 5.91 Å². The summed E-state index contributed by atoms with van der Waals surface area (Å²) in [7, 11) is 1.67. The van der Waals surface area contributed by atoms with Crippen LogP contribution in [0.25, 0.3) is 5.65 Å². The molecule has 1 unspecified atom stereocenters. The first-order chi connectivity index (χ1) is 20.8. The van der Waals surface area contributed by atoms with Gasteiger partial charge in [0.2, 0.25) is 0 Å². The number of imidazole rings is 1. The number of hydrogen-bond acceptors (Lipinski definition) is 5. The van der Waals surface area contributed by atoms with Gasteiger partial charge in [0.15, 0.2) is 11.5 Å². The second-order valence-electron chi connectivity index (χ2n) is 11.2. The topological polar surface area (TPSA) is 68.1 Å². The Bertz CT molecular complexity index is 1590. The first-order valence-corrected chi connectivity index (χ1v) is 15.5. The molecule has 1 saturated heterocycles. The maximum atomic E-state index is 15.1. The summed E-state index contributed by atoms with van der Waals surface area (Å²) in [6.07, 6.45) is 6.03. The number of nitrogens with one attached hydrogen (secondary N) is 1. The lowest BCUT2D eigenvalue weighted by atomic mass is 9.86. The van der Waals surface area contributed by atoms with Crippen molar-refractivity contribution >= 4 is 28.8 Å². The third-order valence-corrected chi connectivity index (χ3v) is 8.58. The van der Waals surface area contributed by atoms with Gasteiger partial charge in [-0.2, -0.15) is 0 Å². The van der Waals surface area contributed by atoms with Crippen molar-refractivity contribution in [1.29, 1.82) is 0 Å². The predicted molar refractivity (Wildman–Crippen MR) is 169 cm³/mol. The second kappa shape index (κ2) is 13.7. The van der Waals surface area contributed by atoms with E-state index in [2.05, 4.69) is 34.3 Å². The van der Waals surface area contributed by atoms with Crippen molar-refractivity contribution in [1.82, 2.24) is 14.7 Å². The zero-order valence-electron chi connectivity index (χ0n) is 25.3.